The predicted octanol–water partition coefficient (Wildman–Crippen LogP) is -1.26. The number of carbonyl (C=O) groups is 2. The minimum Gasteiger partial charge on any atom is -0.467 e. The summed E-state index contributed by atoms with van der Waals surface area (Å²) < 4.78 is 4.02. The van der Waals surface area contributed by atoms with Gasteiger partial charge < -0.3 is 15.3 Å². The molecule has 0 saturated heterocycles. The highest BCUT2D eigenvalue weighted by Crippen LogP contribution is 1.86. The van der Waals surface area contributed by atoms with Crippen LogP contribution in [0.25, 0.3) is 0 Å². The number of aliphatic hydroxyl groups is 1. The number of Topliss-reactive ketones (excluding diaryl/α,β-unsaturated/α-hetero) is 1. The molecular weight excluding hydrogens is 138 g/mol. The molecule has 1 unspecified atom stereocenters. The lowest BCUT2D eigenvalue weighted by molar-refractivity contribution is -0.153. The largest absolute Gasteiger partial charge is 0.467 e. The normalized spacial score (nSPS) is 11.8. The Morgan fingerprint density at radius 2 is 2.20 bits per heavy atom. The van der Waals surface area contributed by atoms with Crippen molar-refractivity contribution in [3.05, 3.63) is 0 Å². The number of ketones is 1. The van der Waals surface area contributed by atoms with E-state index in [1.165, 1.54) is 0 Å². The minimum atomic E-state index is -1.84. The van der Waals surface area contributed by atoms with Crippen LogP contribution in [0.4, 0.5) is 0 Å². The van der Waals surface area contributed by atoms with Gasteiger partial charge in [-0.05, 0) is 0 Å². The highest BCUT2D eigenvalue weighted by molar-refractivity contribution is 6.33. The number of nitrogens with one attached hydrogen (secondary N) is 1. The van der Waals surface area contributed by atoms with Gasteiger partial charge in [0.1, 0.15) is 0 Å². The third kappa shape index (κ3) is 1.94. The van der Waals surface area contributed by atoms with Crippen LogP contribution in [0.2, 0.25) is 0 Å². The molecular formula is C5H7NO4. The average molecular weight is 145 g/mol. The van der Waals surface area contributed by atoms with Crippen molar-refractivity contribution in [2.24, 2.45) is 0 Å². The first kappa shape index (κ1) is 8.77. The van der Waals surface area contributed by atoms with E-state index in [0.29, 0.717) is 6.21 Å². The van der Waals surface area contributed by atoms with Gasteiger partial charge in [0.2, 0.25) is 11.9 Å². The summed E-state index contributed by atoms with van der Waals surface area (Å²) in [5.41, 5.74) is 0. The molecule has 5 heteroatoms. The zero-order valence-electron chi connectivity index (χ0n) is 5.33. The van der Waals surface area contributed by atoms with Crippen LogP contribution in [0.15, 0.2) is 0 Å². The Balaban J connectivity index is 4.06. The number of hydrogen-bond donors (Lipinski definition) is 2. The van der Waals surface area contributed by atoms with Gasteiger partial charge in [0, 0.05) is 0 Å². The highest BCUT2D eigenvalue weighted by atomic mass is 16.5. The fourth-order valence-corrected chi connectivity index (χ4v) is 0.307. The molecule has 0 aromatic heterocycles. The minimum absolute atomic E-state index is 0.363. The molecule has 0 aromatic carbocycles. The van der Waals surface area contributed by atoms with E-state index >= 15 is 0 Å². The summed E-state index contributed by atoms with van der Waals surface area (Å²) in [6.07, 6.45) is -1.48. The van der Waals surface area contributed by atoms with Crippen LogP contribution >= 0.6 is 0 Å². The molecule has 0 radical (unpaired) electrons. The SMILES string of the molecule is COC(=O)C(O)C(=O)C=N. The second-order valence-corrected chi connectivity index (χ2v) is 1.47. The summed E-state index contributed by atoms with van der Waals surface area (Å²) >= 11 is 0. The van der Waals surface area contributed by atoms with Gasteiger partial charge in [-0.25, -0.2) is 4.79 Å². The summed E-state index contributed by atoms with van der Waals surface area (Å²) in [5, 5.41) is 15.0. The van der Waals surface area contributed by atoms with Gasteiger partial charge in [-0.1, -0.05) is 0 Å². The molecule has 0 aliphatic carbocycles. The van der Waals surface area contributed by atoms with Crippen molar-refractivity contribution in [2.75, 3.05) is 7.11 Å². The van der Waals surface area contributed by atoms with Gasteiger partial charge >= 0.3 is 5.97 Å². The van der Waals surface area contributed by atoms with Crippen molar-refractivity contribution < 1.29 is 19.4 Å². The quantitative estimate of drug-likeness (QED) is 0.295. The van der Waals surface area contributed by atoms with E-state index in [4.69, 9.17) is 10.5 Å². The second-order valence-electron chi connectivity index (χ2n) is 1.47. The van der Waals surface area contributed by atoms with Gasteiger partial charge in [-0.15, -0.1) is 0 Å². The summed E-state index contributed by atoms with van der Waals surface area (Å²) in [5.74, 6) is -2.03. The number of hydrogen-bond acceptors (Lipinski definition) is 5. The van der Waals surface area contributed by atoms with Crippen LogP contribution in [-0.4, -0.2) is 36.3 Å². The molecule has 56 valence electrons. The van der Waals surface area contributed by atoms with Crippen LogP contribution in [0.3, 0.4) is 0 Å². The first-order valence-electron chi connectivity index (χ1n) is 2.43. The van der Waals surface area contributed by atoms with Gasteiger partial charge in [-0.2, -0.15) is 0 Å². The lowest BCUT2D eigenvalue weighted by Crippen LogP contribution is -2.31. The maximum atomic E-state index is 10.3. The molecule has 0 aromatic rings. The maximum absolute atomic E-state index is 10.3. The van der Waals surface area contributed by atoms with E-state index in [-0.39, 0.29) is 0 Å². The number of esters is 1. The number of rotatable bonds is 3. The first-order valence-corrected chi connectivity index (χ1v) is 2.43. The molecule has 1 atom stereocenters. The lowest BCUT2D eigenvalue weighted by Gasteiger charge is -2.01. The van der Waals surface area contributed by atoms with Crippen LogP contribution in [0, 0.1) is 5.41 Å². The summed E-state index contributed by atoms with van der Waals surface area (Å²) in [6, 6.07) is 0. The number of ether oxygens (including phenoxy) is 1. The topological polar surface area (TPSA) is 87.5 Å². The van der Waals surface area contributed by atoms with Crippen LogP contribution < -0.4 is 0 Å². The van der Waals surface area contributed by atoms with Crippen molar-refractivity contribution in [3.8, 4) is 0 Å². The molecule has 0 heterocycles. The Bertz CT molecular complexity index is 165. The molecule has 0 bridgehead atoms. The third-order valence-corrected chi connectivity index (χ3v) is 0.836. The Morgan fingerprint density at radius 1 is 1.70 bits per heavy atom. The van der Waals surface area contributed by atoms with Crippen molar-refractivity contribution in [2.45, 2.75) is 6.10 Å². The molecule has 2 N–H and O–H groups in total. The fourth-order valence-electron chi connectivity index (χ4n) is 0.307. The molecule has 10 heavy (non-hydrogen) atoms. The van der Waals surface area contributed by atoms with Gasteiger partial charge in [-0.3, -0.25) is 4.79 Å². The summed E-state index contributed by atoms with van der Waals surface area (Å²) in [6.45, 7) is 0. The maximum Gasteiger partial charge on any atom is 0.342 e. The first-order chi connectivity index (χ1) is 4.63. The summed E-state index contributed by atoms with van der Waals surface area (Å²) in [4.78, 5) is 20.6. The fraction of sp³-hybridized carbons (Fsp3) is 0.400. The second kappa shape index (κ2) is 3.73. The average Bonchev–Trinajstić information content (AvgIpc) is 2.00. The molecule has 0 spiro atoms. The van der Waals surface area contributed by atoms with E-state index < -0.39 is 17.9 Å². The Kier molecular flexibility index (Phi) is 3.27. The van der Waals surface area contributed by atoms with E-state index in [0.717, 1.165) is 7.11 Å². The van der Waals surface area contributed by atoms with Crippen molar-refractivity contribution in [1.82, 2.24) is 0 Å². The van der Waals surface area contributed by atoms with Crippen molar-refractivity contribution in [3.63, 3.8) is 0 Å². The third-order valence-electron chi connectivity index (χ3n) is 0.836. The molecule has 0 amide bonds. The monoisotopic (exact) mass is 145 g/mol. The van der Waals surface area contributed by atoms with Crippen molar-refractivity contribution >= 4 is 18.0 Å². The molecule has 0 saturated carbocycles. The van der Waals surface area contributed by atoms with Gasteiger partial charge in [0.05, 0.1) is 13.3 Å². The van der Waals surface area contributed by atoms with Crippen molar-refractivity contribution in [1.29, 1.82) is 5.41 Å². The highest BCUT2D eigenvalue weighted by Gasteiger charge is 2.21. The van der Waals surface area contributed by atoms with Crippen LogP contribution in [0.1, 0.15) is 0 Å². The van der Waals surface area contributed by atoms with E-state index in [9.17, 15) is 9.59 Å². The summed E-state index contributed by atoms with van der Waals surface area (Å²) in [7, 11) is 1.04. The van der Waals surface area contributed by atoms with Gasteiger partial charge in [0.25, 0.3) is 0 Å². The van der Waals surface area contributed by atoms with E-state index in [1.807, 2.05) is 0 Å². The van der Waals surface area contributed by atoms with E-state index in [1.54, 1.807) is 0 Å². The molecule has 0 rings (SSSR count). The van der Waals surface area contributed by atoms with Gasteiger partial charge in [0.15, 0.2) is 0 Å². The smallest absolute Gasteiger partial charge is 0.342 e. The van der Waals surface area contributed by atoms with E-state index in [2.05, 4.69) is 4.74 Å². The predicted molar refractivity (Wildman–Crippen MR) is 31.8 cm³/mol. The molecule has 0 aliphatic heterocycles. The molecule has 0 fully saturated rings. The Hall–Kier alpha value is -1.23. The van der Waals surface area contributed by atoms with Crippen LogP contribution in [0.5, 0.6) is 0 Å². The molecule has 5 nitrogen and oxygen atoms in total. The Labute approximate surface area is 57.1 Å². The number of methoxy groups -OCH3 is 1. The van der Waals surface area contributed by atoms with Crippen LogP contribution in [-0.2, 0) is 14.3 Å². The number of carbonyl (C=O) groups excluding carboxylic acids is 2. The zero-order chi connectivity index (χ0) is 8.15. The standard InChI is InChI=1S/C5H7NO4/c1-10-5(9)4(8)3(7)2-6/h2,4,6,8H,1H3. The Morgan fingerprint density at radius 3 is 2.50 bits per heavy atom. The number of aliphatic hydroxyl groups excluding tert-OH is 1. The lowest BCUT2D eigenvalue weighted by atomic mass is 10.2. The molecule has 0 aliphatic rings. The zero-order valence-corrected chi connectivity index (χ0v) is 5.33.